The molecule has 1 aliphatic rings. The van der Waals surface area contributed by atoms with E-state index in [4.69, 9.17) is 4.98 Å². The topological polar surface area (TPSA) is 38.1 Å². The largest absolute Gasteiger partial charge is 0.345 e. The average Bonchev–Trinajstić information content (AvgIpc) is 2.57. The van der Waals surface area contributed by atoms with Crippen molar-refractivity contribution >= 4 is 16.9 Å². The molecule has 0 N–H and O–H groups in total. The summed E-state index contributed by atoms with van der Waals surface area (Å²) in [6.07, 6.45) is 0.980. The van der Waals surface area contributed by atoms with E-state index >= 15 is 0 Å². The average molecular weight is 305 g/mol. The van der Waals surface area contributed by atoms with Gasteiger partial charge in [-0.2, -0.15) is 0 Å². The van der Waals surface area contributed by atoms with Crippen LogP contribution in [-0.2, 0) is 6.54 Å². The van der Waals surface area contributed by atoms with E-state index in [1.54, 1.807) is 4.57 Å². The summed E-state index contributed by atoms with van der Waals surface area (Å²) in [7, 11) is 2.00. The molecule has 1 aromatic heterocycles. The van der Waals surface area contributed by atoms with Crippen LogP contribution in [0.15, 0.2) is 47.3 Å². The van der Waals surface area contributed by atoms with Gasteiger partial charge in [-0.05, 0) is 36.6 Å². The van der Waals surface area contributed by atoms with Gasteiger partial charge in [0.05, 0.1) is 10.9 Å². The van der Waals surface area contributed by atoms with Crippen LogP contribution in [0.1, 0.15) is 12.0 Å². The highest BCUT2D eigenvalue weighted by molar-refractivity contribution is 5.94. The molecule has 0 amide bonds. The third-order valence-electron chi connectivity index (χ3n) is 4.48. The lowest BCUT2D eigenvalue weighted by atomic mass is 10.00. The van der Waals surface area contributed by atoms with Crippen LogP contribution < -0.4 is 10.5 Å². The Bertz CT molecular complexity index is 944. The Labute approximate surface area is 135 Å². The summed E-state index contributed by atoms with van der Waals surface area (Å²) in [5.41, 5.74) is 4.07. The maximum absolute atomic E-state index is 13.0. The van der Waals surface area contributed by atoms with Crippen LogP contribution in [0.4, 0.5) is 5.95 Å². The molecule has 0 saturated heterocycles. The molecule has 0 bridgehead atoms. The minimum Gasteiger partial charge on any atom is -0.345 e. The fourth-order valence-corrected chi connectivity index (χ4v) is 3.36. The monoisotopic (exact) mass is 305 g/mol. The predicted octanol–water partition coefficient (Wildman–Crippen LogP) is 3.21. The molecular formula is C19H19N3O. The number of nitrogens with zero attached hydrogens (tertiary/aromatic N) is 3. The lowest BCUT2D eigenvalue weighted by Gasteiger charge is -2.27. The zero-order chi connectivity index (χ0) is 16.0. The molecule has 3 aromatic rings. The van der Waals surface area contributed by atoms with Crippen molar-refractivity contribution in [1.29, 1.82) is 0 Å². The molecule has 0 spiro atoms. The Morgan fingerprint density at radius 3 is 2.65 bits per heavy atom. The van der Waals surface area contributed by atoms with Crippen molar-refractivity contribution in [2.24, 2.45) is 0 Å². The van der Waals surface area contributed by atoms with Crippen molar-refractivity contribution in [2.45, 2.75) is 19.9 Å². The van der Waals surface area contributed by atoms with Crippen LogP contribution in [0.5, 0.6) is 0 Å². The number of hydrogen-bond acceptors (Lipinski definition) is 3. The van der Waals surface area contributed by atoms with Gasteiger partial charge >= 0.3 is 0 Å². The number of benzene rings is 2. The van der Waals surface area contributed by atoms with Crippen molar-refractivity contribution < 1.29 is 0 Å². The van der Waals surface area contributed by atoms with Gasteiger partial charge in [-0.1, -0.05) is 30.3 Å². The molecule has 4 rings (SSSR count). The van der Waals surface area contributed by atoms with E-state index in [2.05, 4.69) is 23.1 Å². The maximum Gasteiger partial charge on any atom is 0.262 e. The van der Waals surface area contributed by atoms with E-state index in [-0.39, 0.29) is 5.56 Å². The Morgan fingerprint density at radius 1 is 1.09 bits per heavy atom. The van der Waals surface area contributed by atoms with Gasteiger partial charge in [0, 0.05) is 25.7 Å². The molecule has 0 saturated carbocycles. The summed E-state index contributed by atoms with van der Waals surface area (Å²) < 4.78 is 1.81. The van der Waals surface area contributed by atoms with Gasteiger partial charge in [0.1, 0.15) is 0 Å². The summed E-state index contributed by atoms with van der Waals surface area (Å²) in [5.74, 6) is 0.773. The van der Waals surface area contributed by atoms with Crippen LogP contribution in [0.2, 0.25) is 0 Å². The zero-order valence-corrected chi connectivity index (χ0v) is 13.4. The number of aromatic nitrogens is 2. The van der Waals surface area contributed by atoms with Gasteiger partial charge in [-0.15, -0.1) is 0 Å². The highest BCUT2D eigenvalue weighted by Crippen LogP contribution is 2.29. The summed E-state index contributed by atoms with van der Waals surface area (Å²) in [4.78, 5) is 19.9. The fraction of sp³-hybridized carbons (Fsp3) is 0.263. The summed E-state index contributed by atoms with van der Waals surface area (Å²) >= 11 is 0. The summed E-state index contributed by atoms with van der Waals surface area (Å²) in [6.45, 7) is 3.71. The molecule has 1 aliphatic heterocycles. The summed E-state index contributed by atoms with van der Waals surface area (Å²) in [6, 6.07) is 14.2. The van der Waals surface area contributed by atoms with E-state index in [9.17, 15) is 4.79 Å². The number of fused-ring (bicyclic) bond motifs is 2. The highest BCUT2D eigenvalue weighted by Gasteiger charge is 2.20. The van der Waals surface area contributed by atoms with Gasteiger partial charge < -0.3 is 4.90 Å². The quantitative estimate of drug-likeness (QED) is 0.693. The number of hydrogen-bond donors (Lipinski definition) is 0. The highest BCUT2D eigenvalue weighted by atomic mass is 16.1. The van der Waals surface area contributed by atoms with Gasteiger partial charge in [-0.25, -0.2) is 4.98 Å². The standard InChI is InChI=1S/C19H19N3O/c1-13-11-15(14-7-4-3-5-8-14)17-16(12-13)18(23)22-10-6-9-21(2)19(22)20-17/h3-5,7-8,11-12H,6,9-10H2,1-2H3. The van der Waals surface area contributed by atoms with Gasteiger partial charge in [-0.3, -0.25) is 9.36 Å². The Morgan fingerprint density at radius 2 is 1.87 bits per heavy atom. The normalized spacial score (nSPS) is 14.1. The second-order valence-corrected chi connectivity index (χ2v) is 6.22. The van der Waals surface area contributed by atoms with Gasteiger partial charge in [0.2, 0.25) is 5.95 Å². The van der Waals surface area contributed by atoms with Crippen molar-refractivity contribution in [3.05, 3.63) is 58.4 Å². The molecule has 0 aliphatic carbocycles. The first-order chi connectivity index (χ1) is 11.1. The molecule has 0 fully saturated rings. The second kappa shape index (κ2) is 5.23. The smallest absolute Gasteiger partial charge is 0.262 e. The molecule has 116 valence electrons. The molecule has 2 aromatic carbocycles. The summed E-state index contributed by atoms with van der Waals surface area (Å²) in [5, 5.41) is 0.711. The van der Waals surface area contributed by atoms with Crippen LogP contribution in [-0.4, -0.2) is 23.1 Å². The molecule has 4 heteroatoms. The maximum atomic E-state index is 13.0. The minimum atomic E-state index is 0.0671. The van der Waals surface area contributed by atoms with Crippen molar-refractivity contribution in [3.8, 4) is 11.1 Å². The molecule has 0 atom stereocenters. The lowest BCUT2D eigenvalue weighted by molar-refractivity contribution is 0.557. The molecule has 4 nitrogen and oxygen atoms in total. The van der Waals surface area contributed by atoms with E-state index in [1.165, 1.54) is 0 Å². The Hall–Kier alpha value is -2.62. The number of aryl methyl sites for hydroxylation is 1. The fourth-order valence-electron chi connectivity index (χ4n) is 3.36. The zero-order valence-electron chi connectivity index (χ0n) is 13.4. The van der Waals surface area contributed by atoms with E-state index in [0.29, 0.717) is 5.39 Å². The number of anilines is 1. The first-order valence-corrected chi connectivity index (χ1v) is 7.97. The van der Waals surface area contributed by atoms with E-state index in [1.807, 2.05) is 38.2 Å². The Balaban J connectivity index is 2.11. The number of rotatable bonds is 1. The first kappa shape index (κ1) is 14.0. The van der Waals surface area contributed by atoms with Gasteiger partial charge in [0.15, 0.2) is 0 Å². The van der Waals surface area contributed by atoms with Crippen LogP contribution in [0.3, 0.4) is 0 Å². The van der Waals surface area contributed by atoms with Crippen LogP contribution in [0.25, 0.3) is 22.0 Å². The Kier molecular flexibility index (Phi) is 3.18. The SMILES string of the molecule is Cc1cc(-c2ccccc2)c2nc3n(c(=O)c2c1)CCCN3C. The van der Waals surface area contributed by atoms with E-state index < -0.39 is 0 Å². The van der Waals surface area contributed by atoms with Gasteiger partial charge in [0.25, 0.3) is 5.56 Å². The molecular weight excluding hydrogens is 286 g/mol. The van der Waals surface area contributed by atoms with Crippen molar-refractivity contribution in [2.75, 3.05) is 18.5 Å². The third kappa shape index (κ3) is 2.22. The van der Waals surface area contributed by atoms with Crippen molar-refractivity contribution in [3.63, 3.8) is 0 Å². The van der Waals surface area contributed by atoms with Crippen LogP contribution in [0, 0.1) is 6.92 Å². The first-order valence-electron chi connectivity index (χ1n) is 7.97. The molecule has 0 radical (unpaired) electrons. The minimum absolute atomic E-state index is 0.0671. The van der Waals surface area contributed by atoms with Crippen molar-refractivity contribution in [1.82, 2.24) is 9.55 Å². The lowest BCUT2D eigenvalue weighted by Crippen LogP contribution is -2.36. The third-order valence-corrected chi connectivity index (χ3v) is 4.48. The molecule has 0 unspecified atom stereocenters. The van der Waals surface area contributed by atoms with Crippen LogP contribution >= 0.6 is 0 Å². The molecule has 2 heterocycles. The van der Waals surface area contributed by atoms with E-state index in [0.717, 1.165) is 47.7 Å². The predicted molar refractivity (Wildman–Crippen MR) is 94.1 cm³/mol. The second-order valence-electron chi connectivity index (χ2n) is 6.22. The molecule has 23 heavy (non-hydrogen) atoms.